The van der Waals surface area contributed by atoms with E-state index in [2.05, 4.69) is 26.8 Å². The number of hydrogen-bond donors (Lipinski definition) is 0. The summed E-state index contributed by atoms with van der Waals surface area (Å²) < 4.78 is 16.6. The Bertz CT molecular complexity index is 2020. The van der Waals surface area contributed by atoms with Gasteiger partial charge in [0.1, 0.15) is 17.8 Å². The molecule has 0 N–H and O–H groups in total. The largest absolute Gasteiger partial charge is 0.376 e. The van der Waals surface area contributed by atoms with Crippen molar-refractivity contribution in [2.24, 2.45) is 0 Å². The van der Waals surface area contributed by atoms with Gasteiger partial charge in [-0.05, 0) is 56.5 Å². The quantitative estimate of drug-likeness (QED) is 0.158. The van der Waals surface area contributed by atoms with E-state index in [1.54, 1.807) is 35.2 Å². The van der Waals surface area contributed by atoms with Crippen molar-refractivity contribution in [3.8, 4) is 16.9 Å². The first-order chi connectivity index (χ1) is 23.5. The Kier molecular flexibility index (Phi) is 9.82. The molecule has 0 bridgehead atoms. The third-order valence-corrected chi connectivity index (χ3v) is 9.72. The zero-order valence-corrected chi connectivity index (χ0v) is 29.2. The van der Waals surface area contributed by atoms with E-state index in [1.807, 2.05) is 38.7 Å². The molecule has 0 radical (unpaired) electrons. The number of aromatic nitrogens is 4. The van der Waals surface area contributed by atoms with Gasteiger partial charge in [-0.25, -0.2) is 24.2 Å². The fourth-order valence-corrected chi connectivity index (χ4v) is 7.09. The number of hydrogen-bond acceptors (Lipinski definition) is 7. The van der Waals surface area contributed by atoms with Crippen LogP contribution in [0.3, 0.4) is 0 Å². The number of pyridine rings is 2. The standard InChI is InChI=1S/C37H40ClFN8O2/c1-22(2)30-35(31(23(3)4)42-21-41-30)47-36-26(20-27(38)32(43-36)25-11-7-8-12-28(25)39)34(33(40-5)37(47)49)46-18-16-45(17-19-46)29(48)14-13-24-10-9-15-44(24)6/h7-8,11-14,20-24H,9-10,15-19H2,1-4,6H3/b14-13+. The van der Waals surface area contributed by atoms with Crippen molar-refractivity contribution in [3.05, 3.63) is 92.8 Å². The average Bonchev–Trinajstić information content (AvgIpc) is 3.51. The van der Waals surface area contributed by atoms with Crippen LogP contribution in [0.15, 0.2) is 53.6 Å². The van der Waals surface area contributed by atoms with E-state index in [-0.39, 0.29) is 51.4 Å². The summed E-state index contributed by atoms with van der Waals surface area (Å²) in [5.41, 5.74) is 2.01. The van der Waals surface area contributed by atoms with E-state index in [1.165, 1.54) is 17.0 Å². The van der Waals surface area contributed by atoms with Crippen molar-refractivity contribution in [3.63, 3.8) is 0 Å². The zero-order chi connectivity index (χ0) is 35.0. The molecule has 0 aliphatic carbocycles. The number of amides is 1. The highest BCUT2D eigenvalue weighted by Gasteiger charge is 2.31. The van der Waals surface area contributed by atoms with Gasteiger partial charge in [0.15, 0.2) is 0 Å². The van der Waals surface area contributed by atoms with Gasteiger partial charge < -0.3 is 9.80 Å². The van der Waals surface area contributed by atoms with Crippen LogP contribution in [0.2, 0.25) is 5.02 Å². The van der Waals surface area contributed by atoms with Crippen LogP contribution >= 0.6 is 11.6 Å². The fraction of sp³-hybridized carbons (Fsp3) is 0.405. The molecule has 1 aromatic carbocycles. The van der Waals surface area contributed by atoms with Crippen LogP contribution in [0, 0.1) is 12.4 Å². The number of carbonyl (C=O) groups is 1. The number of carbonyl (C=O) groups excluding carboxylic acids is 1. The molecule has 3 aromatic heterocycles. The molecule has 4 aromatic rings. The van der Waals surface area contributed by atoms with Crippen LogP contribution in [0.5, 0.6) is 0 Å². The summed E-state index contributed by atoms with van der Waals surface area (Å²) in [6, 6.07) is 8.13. The van der Waals surface area contributed by atoms with Crippen molar-refractivity contribution < 1.29 is 9.18 Å². The van der Waals surface area contributed by atoms with Crippen LogP contribution < -0.4 is 10.5 Å². The average molecular weight is 683 g/mol. The summed E-state index contributed by atoms with van der Waals surface area (Å²) in [6.07, 6.45) is 7.29. The number of halogens is 2. The maximum Gasteiger partial charge on any atom is 0.274 e. The Hall–Kier alpha value is -4.66. The number of nitrogens with zero attached hydrogens (tertiary/aromatic N) is 8. The molecular weight excluding hydrogens is 643 g/mol. The van der Waals surface area contributed by atoms with Gasteiger partial charge >= 0.3 is 0 Å². The van der Waals surface area contributed by atoms with Crippen LogP contribution in [0.1, 0.15) is 63.8 Å². The molecule has 10 nitrogen and oxygen atoms in total. The SMILES string of the molecule is [C-]#[N+]c1c(N2CCN(C(=O)/C=C/C3CCCN3C)CC2)c2cc(Cl)c(-c3ccccc3F)nc2n(-c2c(C(C)C)ncnc2C(C)C)c1=O. The molecule has 2 saturated heterocycles. The number of fused-ring (bicyclic) bond motifs is 1. The van der Waals surface area contributed by atoms with Gasteiger partial charge in [0.25, 0.3) is 11.2 Å². The summed E-state index contributed by atoms with van der Waals surface area (Å²) in [5.74, 6) is -0.760. The fourth-order valence-electron chi connectivity index (χ4n) is 6.83. The molecule has 254 valence electrons. The van der Waals surface area contributed by atoms with E-state index >= 15 is 4.39 Å². The van der Waals surface area contributed by atoms with E-state index in [0.717, 1.165) is 19.4 Å². The van der Waals surface area contributed by atoms with Gasteiger partial charge in [-0.1, -0.05) is 57.5 Å². The molecule has 2 fully saturated rings. The lowest BCUT2D eigenvalue weighted by Crippen LogP contribution is -2.48. The Morgan fingerprint density at radius 2 is 1.71 bits per heavy atom. The number of anilines is 1. The molecule has 2 aliphatic rings. The Morgan fingerprint density at radius 3 is 2.31 bits per heavy atom. The Balaban J connectivity index is 1.52. The molecule has 1 atom stereocenters. The molecule has 1 amide bonds. The van der Waals surface area contributed by atoms with E-state index < -0.39 is 11.4 Å². The number of likely N-dealkylation sites (tertiary alicyclic amines) is 1. The highest BCUT2D eigenvalue weighted by atomic mass is 35.5. The van der Waals surface area contributed by atoms with Crippen molar-refractivity contribution in [2.75, 3.05) is 44.7 Å². The molecule has 6 rings (SSSR count). The van der Waals surface area contributed by atoms with Gasteiger partial charge in [-0.2, -0.15) is 0 Å². The highest BCUT2D eigenvalue weighted by molar-refractivity contribution is 6.34. The number of likely N-dealkylation sites (N-methyl/N-ethyl adjacent to an activating group) is 1. The van der Waals surface area contributed by atoms with Gasteiger partial charge in [-0.3, -0.25) is 19.1 Å². The maximum absolute atomic E-state index is 15.2. The predicted molar refractivity (Wildman–Crippen MR) is 191 cm³/mol. The smallest absolute Gasteiger partial charge is 0.274 e. The van der Waals surface area contributed by atoms with Gasteiger partial charge in [0, 0.05) is 49.2 Å². The van der Waals surface area contributed by atoms with Crippen LogP contribution in [-0.2, 0) is 4.79 Å². The number of piperazine rings is 1. The lowest BCUT2D eigenvalue weighted by molar-refractivity contribution is -0.126. The van der Waals surface area contributed by atoms with Crippen molar-refractivity contribution in [2.45, 2.75) is 58.4 Å². The van der Waals surface area contributed by atoms with Crippen LogP contribution in [0.25, 0.3) is 32.8 Å². The lowest BCUT2D eigenvalue weighted by Gasteiger charge is -2.37. The van der Waals surface area contributed by atoms with Gasteiger partial charge in [0.05, 0.1) is 40.1 Å². The normalized spacial score (nSPS) is 17.2. The van der Waals surface area contributed by atoms with Crippen molar-refractivity contribution in [1.29, 1.82) is 0 Å². The third-order valence-electron chi connectivity index (χ3n) is 9.44. The van der Waals surface area contributed by atoms with Gasteiger partial charge in [-0.15, -0.1) is 0 Å². The van der Waals surface area contributed by atoms with Gasteiger partial charge in [0.2, 0.25) is 5.91 Å². The van der Waals surface area contributed by atoms with E-state index in [4.69, 9.17) is 23.2 Å². The van der Waals surface area contributed by atoms with Crippen molar-refractivity contribution >= 4 is 39.9 Å². The predicted octanol–water partition coefficient (Wildman–Crippen LogP) is 6.73. The summed E-state index contributed by atoms with van der Waals surface area (Å²) in [7, 11) is 2.07. The first-order valence-electron chi connectivity index (χ1n) is 16.7. The van der Waals surface area contributed by atoms with Crippen molar-refractivity contribution in [1.82, 2.24) is 29.3 Å². The molecule has 0 spiro atoms. The summed E-state index contributed by atoms with van der Waals surface area (Å²) in [5, 5.41) is 0.640. The highest BCUT2D eigenvalue weighted by Crippen LogP contribution is 2.41. The Labute approximate surface area is 290 Å². The Morgan fingerprint density at radius 1 is 1.04 bits per heavy atom. The molecule has 0 saturated carbocycles. The minimum atomic E-state index is -0.576. The molecule has 49 heavy (non-hydrogen) atoms. The minimum absolute atomic E-state index is 0.0589. The molecule has 1 unspecified atom stereocenters. The number of rotatable bonds is 7. The first-order valence-corrected chi connectivity index (χ1v) is 17.1. The van der Waals surface area contributed by atoms with E-state index in [9.17, 15) is 9.59 Å². The number of benzene rings is 1. The topological polar surface area (TPSA) is 91.8 Å². The minimum Gasteiger partial charge on any atom is -0.376 e. The summed E-state index contributed by atoms with van der Waals surface area (Å²) >= 11 is 6.88. The maximum atomic E-state index is 15.2. The second kappa shape index (κ2) is 14.1. The zero-order valence-electron chi connectivity index (χ0n) is 28.5. The molecule has 12 heteroatoms. The summed E-state index contributed by atoms with van der Waals surface area (Å²) in [6.45, 7) is 18.8. The third kappa shape index (κ3) is 6.43. The van der Waals surface area contributed by atoms with E-state index in [0.29, 0.717) is 54.3 Å². The van der Waals surface area contributed by atoms with Crippen LogP contribution in [-0.4, -0.2) is 81.0 Å². The molecular formula is C37H40ClFN8O2. The lowest BCUT2D eigenvalue weighted by atomic mass is 10.0. The molecule has 2 aliphatic heterocycles. The monoisotopic (exact) mass is 682 g/mol. The second-order valence-corrected chi connectivity index (χ2v) is 13.7. The summed E-state index contributed by atoms with van der Waals surface area (Å²) in [4.78, 5) is 51.7. The molecule has 5 heterocycles. The first kappa shape index (κ1) is 34.2. The van der Waals surface area contributed by atoms with Crippen LogP contribution in [0.4, 0.5) is 15.8 Å². The second-order valence-electron chi connectivity index (χ2n) is 13.3.